The lowest BCUT2D eigenvalue weighted by Gasteiger charge is -2.46. The van der Waals surface area contributed by atoms with Gasteiger partial charge in [-0.3, -0.25) is 4.90 Å². The van der Waals surface area contributed by atoms with E-state index < -0.39 is 11.7 Å². The average molecular weight is 475 g/mol. The Balaban J connectivity index is 1.42. The standard InChI is InChI=1S/C23H21F3N4O2S/c1-23(25,26)11-30-6-13-8-31-9-14(7-30)20(13)32-22-21-19(28-12-29-22)17(10-33-21)16-4-3-15(27-2)5-18(16)24/h3-5,10,12-14,20H,6-9,11H2,1H3. The van der Waals surface area contributed by atoms with Crippen molar-refractivity contribution in [1.82, 2.24) is 14.9 Å². The zero-order valence-electron chi connectivity index (χ0n) is 17.8. The van der Waals surface area contributed by atoms with Gasteiger partial charge >= 0.3 is 0 Å². The fourth-order valence-corrected chi connectivity index (χ4v) is 5.69. The van der Waals surface area contributed by atoms with Crippen LogP contribution in [0.25, 0.3) is 26.2 Å². The van der Waals surface area contributed by atoms with Gasteiger partial charge in [-0.05, 0) is 6.07 Å². The summed E-state index contributed by atoms with van der Waals surface area (Å²) in [6.07, 6.45) is 1.18. The number of benzene rings is 1. The molecule has 2 atom stereocenters. The van der Waals surface area contributed by atoms with Crippen LogP contribution in [-0.4, -0.2) is 59.7 Å². The molecule has 2 aromatic heterocycles. The summed E-state index contributed by atoms with van der Waals surface area (Å²) in [4.78, 5) is 13.7. The number of piperidine rings is 1. The summed E-state index contributed by atoms with van der Waals surface area (Å²) in [5, 5.41) is 1.80. The van der Waals surface area contributed by atoms with Gasteiger partial charge in [-0.15, -0.1) is 11.3 Å². The van der Waals surface area contributed by atoms with Crippen molar-refractivity contribution in [3.63, 3.8) is 0 Å². The van der Waals surface area contributed by atoms with Gasteiger partial charge in [0.1, 0.15) is 22.9 Å². The Kier molecular flexibility index (Phi) is 5.72. The number of hydrogen-bond donors (Lipinski definition) is 0. The first-order chi connectivity index (χ1) is 15.8. The van der Waals surface area contributed by atoms with Crippen LogP contribution in [0.5, 0.6) is 5.88 Å². The molecule has 0 radical (unpaired) electrons. The van der Waals surface area contributed by atoms with Gasteiger partial charge in [0.2, 0.25) is 5.88 Å². The predicted octanol–water partition coefficient (Wildman–Crippen LogP) is 5.03. The summed E-state index contributed by atoms with van der Waals surface area (Å²) >= 11 is 1.36. The molecule has 0 aliphatic carbocycles. The molecule has 5 rings (SSSR count). The number of alkyl halides is 2. The van der Waals surface area contributed by atoms with E-state index >= 15 is 0 Å². The lowest BCUT2D eigenvalue weighted by molar-refractivity contribution is -0.128. The molecule has 2 saturated heterocycles. The highest BCUT2D eigenvalue weighted by molar-refractivity contribution is 7.18. The van der Waals surface area contributed by atoms with Gasteiger partial charge in [-0.2, -0.15) is 0 Å². The molecule has 4 heterocycles. The number of ether oxygens (including phenoxy) is 2. The Hall–Kier alpha value is -2.74. The highest BCUT2D eigenvalue weighted by atomic mass is 32.1. The number of aromatic nitrogens is 2. The van der Waals surface area contributed by atoms with Crippen LogP contribution < -0.4 is 4.74 Å². The van der Waals surface area contributed by atoms with Crippen LogP contribution in [0, 0.1) is 24.2 Å². The number of fused-ring (bicyclic) bond motifs is 3. The molecule has 0 saturated carbocycles. The third-order valence-corrected chi connectivity index (χ3v) is 6.98. The lowest BCUT2D eigenvalue weighted by atomic mass is 9.84. The molecule has 0 amide bonds. The molecule has 0 spiro atoms. The molecule has 2 aliphatic rings. The molecule has 1 aromatic carbocycles. The SMILES string of the molecule is [C-]#[N+]c1ccc(-c2csc3c(OC4C5COCC4CN(CC(C)(F)F)C5)ncnc23)c(F)c1. The Morgan fingerprint density at radius 2 is 2.00 bits per heavy atom. The maximum absolute atomic E-state index is 14.6. The Morgan fingerprint density at radius 1 is 1.24 bits per heavy atom. The number of halogens is 3. The minimum absolute atomic E-state index is 0.0529. The van der Waals surface area contributed by atoms with Crippen LogP contribution in [-0.2, 0) is 4.74 Å². The minimum Gasteiger partial charge on any atom is -0.472 e. The number of nitrogens with zero attached hydrogens (tertiary/aromatic N) is 4. The molecule has 172 valence electrons. The second kappa shape index (κ2) is 8.56. The smallest absolute Gasteiger partial charge is 0.257 e. The predicted molar refractivity (Wildman–Crippen MR) is 118 cm³/mol. The fraction of sp³-hybridized carbons (Fsp3) is 0.435. The van der Waals surface area contributed by atoms with Crippen molar-refractivity contribution >= 4 is 27.2 Å². The van der Waals surface area contributed by atoms with Gasteiger partial charge < -0.3 is 9.47 Å². The van der Waals surface area contributed by atoms with E-state index in [1.807, 2.05) is 0 Å². The zero-order valence-corrected chi connectivity index (χ0v) is 18.6. The Labute approximate surface area is 192 Å². The van der Waals surface area contributed by atoms with Crippen LogP contribution in [0.1, 0.15) is 6.92 Å². The summed E-state index contributed by atoms with van der Waals surface area (Å²) in [6.45, 7) is 9.52. The van der Waals surface area contributed by atoms with E-state index in [9.17, 15) is 13.2 Å². The summed E-state index contributed by atoms with van der Waals surface area (Å²) in [6, 6.07) is 4.36. The van der Waals surface area contributed by atoms with Crippen molar-refractivity contribution in [3.8, 4) is 17.0 Å². The van der Waals surface area contributed by atoms with Crippen molar-refractivity contribution in [2.45, 2.75) is 19.0 Å². The van der Waals surface area contributed by atoms with Crippen LogP contribution >= 0.6 is 11.3 Å². The molecule has 2 unspecified atom stereocenters. The molecule has 0 N–H and O–H groups in total. The van der Waals surface area contributed by atoms with Crippen molar-refractivity contribution in [2.75, 3.05) is 32.8 Å². The minimum atomic E-state index is -2.75. The van der Waals surface area contributed by atoms with E-state index in [2.05, 4.69) is 14.8 Å². The first-order valence-electron chi connectivity index (χ1n) is 10.6. The summed E-state index contributed by atoms with van der Waals surface area (Å²) in [7, 11) is 0. The maximum atomic E-state index is 14.6. The van der Waals surface area contributed by atoms with Crippen LogP contribution in [0.15, 0.2) is 29.9 Å². The number of rotatable bonds is 5. The molecule has 33 heavy (non-hydrogen) atoms. The molecule has 2 fully saturated rings. The topological polar surface area (TPSA) is 51.8 Å². The summed E-state index contributed by atoms with van der Waals surface area (Å²) < 4.78 is 54.5. The molecular formula is C23H21F3N4O2S. The van der Waals surface area contributed by atoms with Crippen LogP contribution in [0.3, 0.4) is 0 Å². The highest BCUT2D eigenvalue weighted by Gasteiger charge is 2.44. The number of thiophene rings is 1. The molecule has 6 nitrogen and oxygen atoms in total. The number of hydrogen-bond acceptors (Lipinski definition) is 6. The second-order valence-electron chi connectivity index (χ2n) is 8.69. The molecule has 10 heteroatoms. The van der Waals surface area contributed by atoms with E-state index in [1.54, 1.807) is 22.4 Å². The largest absolute Gasteiger partial charge is 0.472 e. The maximum Gasteiger partial charge on any atom is 0.257 e. The number of likely N-dealkylation sites (tertiary alicyclic amines) is 1. The van der Waals surface area contributed by atoms with Gasteiger partial charge in [-0.1, -0.05) is 12.1 Å². The Bertz CT molecular complexity index is 1210. The van der Waals surface area contributed by atoms with Crippen molar-refractivity contribution in [1.29, 1.82) is 0 Å². The average Bonchev–Trinajstić information content (AvgIpc) is 3.18. The quantitative estimate of drug-likeness (QED) is 0.486. The third kappa shape index (κ3) is 4.40. The van der Waals surface area contributed by atoms with E-state index in [4.69, 9.17) is 16.0 Å². The van der Waals surface area contributed by atoms with Gasteiger partial charge in [0.25, 0.3) is 5.92 Å². The molecule has 3 aromatic rings. The van der Waals surface area contributed by atoms with Gasteiger partial charge in [0, 0.05) is 48.4 Å². The molecule has 2 bridgehead atoms. The van der Waals surface area contributed by atoms with E-state index in [0.717, 1.165) is 6.92 Å². The van der Waals surface area contributed by atoms with Crippen molar-refractivity contribution < 1.29 is 22.6 Å². The van der Waals surface area contributed by atoms with Crippen LogP contribution in [0.4, 0.5) is 18.9 Å². The van der Waals surface area contributed by atoms with Crippen LogP contribution in [0.2, 0.25) is 0 Å². The summed E-state index contributed by atoms with van der Waals surface area (Å²) in [5.74, 6) is -2.94. The first kappa shape index (κ1) is 22.1. The monoisotopic (exact) mass is 474 g/mol. The first-order valence-corrected chi connectivity index (χ1v) is 11.4. The van der Waals surface area contributed by atoms with Gasteiger partial charge in [-0.25, -0.2) is 28.0 Å². The zero-order chi connectivity index (χ0) is 23.2. The van der Waals surface area contributed by atoms with E-state index in [-0.39, 0.29) is 30.2 Å². The summed E-state index contributed by atoms with van der Waals surface area (Å²) in [5.41, 5.74) is 1.77. The van der Waals surface area contributed by atoms with Crippen molar-refractivity contribution in [2.24, 2.45) is 11.8 Å². The Morgan fingerprint density at radius 3 is 2.67 bits per heavy atom. The van der Waals surface area contributed by atoms with Gasteiger partial charge in [0.05, 0.1) is 31.8 Å². The highest BCUT2D eigenvalue weighted by Crippen LogP contribution is 2.40. The van der Waals surface area contributed by atoms with Crippen molar-refractivity contribution in [3.05, 3.63) is 47.1 Å². The van der Waals surface area contributed by atoms with Gasteiger partial charge in [0.15, 0.2) is 5.69 Å². The fourth-order valence-electron chi connectivity index (χ4n) is 4.74. The second-order valence-corrected chi connectivity index (χ2v) is 9.57. The lowest BCUT2D eigenvalue weighted by Crippen LogP contribution is -2.58. The third-order valence-electron chi connectivity index (χ3n) is 6.02. The molecular weight excluding hydrogens is 453 g/mol. The van der Waals surface area contributed by atoms with E-state index in [1.165, 1.54) is 23.7 Å². The normalized spacial score (nSPS) is 23.4. The molecule has 2 aliphatic heterocycles. The van der Waals surface area contributed by atoms with E-state index in [0.29, 0.717) is 53.5 Å².